The molecule has 107 valence electrons. The van der Waals surface area contributed by atoms with Gasteiger partial charge in [0.25, 0.3) is 0 Å². The number of aliphatic hydroxyl groups excluding tert-OH is 3. The molecule has 0 amide bonds. The monoisotopic (exact) mass is 290 g/mol. The molecule has 0 rings (SSSR count). The summed E-state index contributed by atoms with van der Waals surface area (Å²) in [4.78, 5) is 0. The molecule has 17 heavy (non-hydrogen) atoms. The summed E-state index contributed by atoms with van der Waals surface area (Å²) in [7, 11) is 0. The third-order valence-electron chi connectivity index (χ3n) is 0.623. The van der Waals surface area contributed by atoms with Crippen molar-refractivity contribution in [2.45, 2.75) is 20.0 Å². The molecule has 8 heteroatoms. The molecule has 0 radical (unpaired) electrons. The second kappa shape index (κ2) is 36.0. The Labute approximate surface area is 116 Å². The average molecular weight is 290 g/mol. The summed E-state index contributed by atoms with van der Waals surface area (Å²) in [5.41, 5.74) is 14.3. The van der Waals surface area contributed by atoms with E-state index in [4.69, 9.17) is 35.8 Å². The van der Waals surface area contributed by atoms with Gasteiger partial charge in [-0.2, -0.15) is 0 Å². The van der Waals surface area contributed by atoms with E-state index in [0.29, 0.717) is 25.7 Å². The minimum Gasteiger partial charge on any atom is -0.395 e. The van der Waals surface area contributed by atoms with Crippen LogP contribution in [0.5, 0.6) is 0 Å². The molecule has 0 aromatic rings. The summed E-state index contributed by atoms with van der Waals surface area (Å²) < 4.78 is 4.75. The second-order valence-corrected chi connectivity index (χ2v) is 3.07. The van der Waals surface area contributed by atoms with Crippen LogP contribution in [0.15, 0.2) is 0 Å². The van der Waals surface area contributed by atoms with E-state index in [-0.39, 0.29) is 19.8 Å². The first-order chi connectivity index (χ1) is 8.01. The summed E-state index contributed by atoms with van der Waals surface area (Å²) in [6.07, 6.45) is 0.384. The van der Waals surface area contributed by atoms with Gasteiger partial charge in [-0.1, -0.05) is 0 Å². The van der Waals surface area contributed by atoms with Gasteiger partial charge in [-0.05, 0) is 0 Å². The molecule has 0 aromatic carbocycles. The first kappa shape index (κ1) is 26.1. The Morgan fingerprint density at radius 1 is 0.882 bits per heavy atom. The SMILES string of the molecule is CC(C)[O][Ti].NCCO.NCCO.NCCO. The van der Waals surface area contributed by atoms with Crippen LogP contribution in [0.1, 0.15) is 13.8 Å². The van der Waals surface area contributed by atoms with E-state index < -0.39 is 0 Å². The van der Waals surface area contributed by atoms with Crippen molar-refractivity contribution in [2.24, 2.45) is 17.2 Å². The molecular weight excluding hydrogens is 262 g/mol. The Bertz CT molecular complexity index is 77.1. The zero-order valence-corrected chi connectivity index (χ0v) is 12.4. The van der Waals surface area contributed by atoms with Gasteiger partial charge < -0.3 is 32.5 Å². The molecule has 0 aromatic heterocycles. The maximum Gasteiger partial charge on any atom is 0.0553 e. The summed E-state index contributed by atoms with van der Waals surface area (Å²) in [5, 5.41) is 23.2. The van der Waals surface area contributed by atoms with Crippen molar-refractivity contribution in [2.75, 3.05) is 39.5 Å². The van der Waals surface area contributed by atoms with Crippen LogP contribution in [0, 0.1) is 0 Å². The minimum atomic E-state index is 0.0972. The van der Waals surface area contributed by atoms with E-state index in [1.54, 1.807) is 20.8 Å². The van der Waals surface area contributed by atoms with E-state index in [0.717, 1.165) is 0 Å². The van der Waals surface area contributed by atoms with E-state index in [2.05, 4.69) is 0 Å². The van der Waals surface area contributed by atoms with Gasteiger partial charge in [-0.3, -0.25) is 0 Å². The Kier molecular flexibility index (Phi) is 55.2. The summed E-state index contributed by atoms with van der Waals surface area (Å²) in [6.45, 7) is 5.42. The molecule has 0 aliphatic carbocycles. The summed E-state index contributed by atoms with van der Waals surface area (Å²) in [6, 6.07) is 0. The van der Waals surface area contributed by atoms with Crippen LogP contribution in [0.3, 0.4) is 0 Å². The Morgan fingerprint density at radius 3 is 1.00 bits per heavy atom. The first-order valence-corrected chi connectivity index (χ1v) is 5.91. The molecule has 9 N–H and O–H groups in total. The van der Waals surface area contributed by atoms with E-state index in [9.17, 15) is 0 Å². The fourth-order valence-electron chi connectivity index (χ4n) is 0. The van der Waals surface area contributed by atoms with Gasteiger partial charge in [0.05, 0.1) is 19.8 Å². The molecule has 0 bridgehead atoms. The molecule has 0 unspecified atom stereocenters. The third kappa shape index (κ3) is 116. The number of aliphatic hydroxyl groups is 3. The topological polar surface area (TPSA) is 148 Å². The van der Waals surface area contributed by atoms with E-state index in [1.165, 1.54) is 0 Å². The zero-order valence-electron chi connectivity index (χ0n) is 10.8. The Morgan fingerprint density at radius 2 is 1.00 bits per heavy atom. The number of nitrogens with two attached hydrogens (primary N) is 3. The maximum atomic E-state index is 7.75. The summed E-state index contributed by atoms with van der Waals surface area (Å²) >= 11 is 1.70. The number of hydrogen-bond acceptors (Lipinski definition) is 7. The molecule has 0 atom stereocenters. The minimum absolute atomic E-state index is 0.0972. The predicted molar refractivity (Wildman–Crippen MR) is 64.6 cm³/mol. The van der Waals surface area contributed by atoms with Crippen molar-refractivity contribution >= 4 is 0 Å². The molecule has 0 aliphatic rings. The maximum absolute atomic E-state index is 7.75. The van der Waals surface area contributed by atoms with Crippen LogP contribution < -0.4 is 17.2 Å². The van der Waals surface area contributed by atoms with Crippen LogP contribution in [-0.4, -0.2) is 60.9 Å². The molecule has 0 spiro atoms. The smallest absolute Gasteiger partial charge is 0.0553 e. The predicted octanol–water partition coefficient (Wildman–Crippen LogP) is -2.31. The standard InChI is InChI=1S/C3H7O.3C2H7NO.Ti/c1-3(2)4;3*3-1-2-4;/h3H,1-2H3;3*4H,1-3H2;/q-1;;;;+1. The molecular formula is C9H28N3O4Ti. The van der Waals surface area contributed by atoms with Gasteiger partial charge in [0, 0.05) is 19.6 Å². The largest absolute Gasteiger partial charge is 0.395 e. The quantitative estimate of drug-likeness (QED) is 0.318. The van der Waals surface area contributed by atoms with Crippen LogP contribution in [-0.2, 0) is 24.1 Å². The molecule has 0 saturated heterocycles. The molecule has 0 fully saturated rings. The Hall–Kier alpha value is 0.434. The summed E-state index contributed by atoms with van der Waals surface area (Å²) in [5.74, 6) is 0. The van der Waals surface area contributed by atoms with Crippen molar-refractivity contribution < 1.29 is 39.5 Å². The first-order valence-electron chi connectivity index (χ1n) is 5.27. The van der Waals surface area contributed by atoms with Gasteiger partial charge in [0.1, 0.15) is 0 Å². The number of rotatable bonds is 4. The van der Waals surface area contributed by atoms with Crippen LogP contribution in [0.25, 0.3) is 0 Å². The van der Waals surface area contributed by atoms with Crippen LogP contribution >= 0.6 is 0 Å². The van der Waals surface area contributed by atoms with Crippen LogP contribution in [0.2, 0.25) is 0 Å². The second-order valence-electron chi connectivity index (χ2n) is 2.70. The molecule has 0 saturated carbocycles. The Balaban J connectivity index is -0.0000000667. The zero-order chi connectivity index (χ0) is 14.5. The van der Waals surface area contributed by atoms with Gasteiger partial charge in [0.2, 0.25) is 0 Å². The van der Waals surface area contributed by atoms with Gasteiger partial charge in [-0.15, -0.1) is 0 Å². The van der Waals surface area contributed by atoms with Crippen molar-refractivity contribution in [3.8, 4) is 0 Å². The van der Waals surface area contributed by atoms with Gasteiger partial charge in [0.15, 0.2) is 0 Å². The van der Waals surface area contributed by atoms with Crippen LogP contribution in [0.4, 0.5) is 0 Å². The third-order valence-corrected chi connectivity index (χ3v) is 1.36. The van der Waals surface area contributed by atoms with Crippen molar-refractivity contribution in [3.05, 3.63) is 0 Å². The number of hydrogen-bond donors (Lipinski definition) is 6. The normalized spacial score (nSPS) is 8.00. The van der Waals surface area contributed by atoms with Crippen molar-refractivity contribution in [1.29, 1.82) is 0 Å². The van der Waals surface area contributed by atoms with E-state index in [1.807, 2.05) is 13.8 Å². The van der Waals surface area contributed by atoms with E-state index >= 15 is 0 Å². The average Bonchev–Trinajstić information content (AvgIpc) is 2.39. The fourth-order valence-corrected chi connectivity index (χ4v) is 0. The van der Waals surface area contributed by atoms with Crippen molar-refractivity contribution in [1.82, 2.24) is 0 Å². The van der Waals surface area contributed by atoms with Gasteiger partial charge in [-0.25, -0.2) is 0 Å². The molecule has 0 heterocycles. The van der Waals surface area contributed by atoms with Gasteiger partial charge >= 0.3 is 44.1 Å². The molecule has 0 aliphatic heterocycles. The van der Waals surface area contributed by atoms with Crippen molar-refractivity contribution in [3.63, 3.8) is 0 Å². The fraction of sp³-hybridized carbons (Fsp3) is 1.00. The molecule has 7 nitrogen and oxygen atoms in total.